The number of nitrogens with zero attached hydrogens (tertiary/aromatic N) is 2. The average molecular weight is 229 g/mol. The molecule has 0 bridgehead atoms. The highest BCUT2D eigenvalue weighted by Crippen LogP contribution is 2.21. The highest BCUT2D eigenvalue weighted by Gasteiger charge is 2.07. The van der Waals surface area contributed by atoms with Crippen molar-refractivity contribution >= 4 is 23.2 Å². The first-order valence-corrected chi connectivity index (χ1v) is 4.85. The van der Waals surface area contributed by atoms with Crippen LogP contribution in [0.3, 0.4) is 0 Å². The smallest absolute Gasteiger partial charge is 0.247 e. The van der Waals surface area contributed by atoms with Crippen molar-refractivity contribution in [1.29, 1.82) is 0 Å². The summed E-state index contributed by atoms with van der Waals surface area (Å²) in [6, 6.07) is 7.20. The number of hydrogen-bond acceptors (Lipinski definition) is 3. The summed E-state index contributed by atoms with van der Waals surface area (Å²) in [5, 5.41) is 8.22. The van der Waals surface area contributed by atoms with Gasteiger partial charge in [0, 0.05) is 10.6 Å². The molecule has 1 heterocycles. The van der Waals surface area contributed by atoms with Crippen LogP contribution in [0.25, 0.3) is 11.5 Å². The van der Waals surface area contributed by atoms with Crippen LogP contribution in [0.4, 0.5) is 0 Å². The molecule has 1 aromatic heterocycles. The highest BCUT2D eigenvalue weighted by atomic mass is 35.5. The van der Waals surface area contributed by atoms with E-state index in [1.54, 1.807) is 12.1 Å². The maximum Gasteiger partial charge on any atom is 0.247 e. The Kier molecular flexibility index (Phi) is 2.70. The number of rotatable bonds is 2. The molecule has 0 saturated heterocycles. The first-order chi connectivity index (χ1) is 6.79. The van der Waals surface area contributed by atoms with E-state index in [-0.39, 0.29) is 5.88 Å². The molecule has 0 amide bonds. The molecule has 0 radical (unpaired) electrons. The van der Waals surface area contributed by atoms with Crippen LogP contribution in [-0.4, -0.2) is 10.2 Å². The van der Waals surface area contributed by atoms with Gasteiger partial charge in [-0.2, -0.15) is 0 Å². The lowest BCUT2D eigenvalue weighted by atomic mass is 10.2. The Hall–Kier alpha value is -1.06. The number of hydrogen-bond donors (Lipinski definition) is 0. The van der Waals surface area contributed by atoms with Gasteiger partial charge in [-0.25, -0.2) is 0 Å². The van der Waals surface area contributed by atoms with Gasteiger partial charge in [0.05, 0.1) is 0 Å². The Morgan fingerprint density at radius 2 is 2.14 bits per heavy atom. The molecule has 0 aliphatic rings. The summed E-state index contributed by atoms with van der Waals surface area (Å²) in [4.78, 5) is 0. The van der Waals surface area contributed by atoms with Gasteiger partial charge in [0.2, 0.25) is 11.8 Å². The summed E-state index contributed by atoms with van der Waals surface area (Å²) < 4.78 is 5.26. The molecule has 0 aliphatic carbocycles. The van der Waals surface area contributed by atoms with Crippen LogP contribution in [0.15, 0.2) is 28.7 Å². The first-order valence-electron chi connectivity index (χ1n) is 3.94. The van der Waals surface area contributed by atoms with Gasteiger partial charge in [0.1, 0.15) is 5.88 Å². The minimum absolute atomic E-state index is 0.216. The second-order valence-electron chi connectivity index (χ2n) is 2.64. The van der Waals surface area contributed by atoms with Gasteiger partial charge >= 0.3 is 0 Å². The van der Waals surface area contributed by atoms with E-state index in [1.165, 1.54) is 0 Å². The van der Waals surface area contributed by atoms with Crippen molar-refractivity contribution in [3.05, 3.63) is 35.2 Å². The topological polar surface area (TPSA) is 38.9 Å². The molecule has 5 heteroatoms. The average Bonchev–Trinajstić information content (AvgIpc) is 2.66. The monoisotopic (exact) mass is 228 g/mol. The maximum absolute atomic E-state index is 5.82. The Morgan fingerprint density at radius 3 is 2.79 bits per heavy atom. The predicted octanol–water partition coefficient (Wildman–Crippen LogP) is 3.13. The molecule has 0 spiro atoms. The quantitative estimate of drug-likeness (QED) is 0.742. The lowest BCUT2D eigenvalue weighted by Gasteiger charge is -1.94. The molecule has 2 rings (SSSR count). The van der Waals surface area contributed by atoms with Crippen LogP contribution in [0.1, 0.15) is 5.89 Å². The summed E-state index contributed by atoms with van der Waals surface area (Å²) in [6.07, 6.45) is 0. The molecule has 0 atom stereocenters. The van der Waals surface area contributed by atoms with Crippen LogP contribution in [0, 0.1) is 0 Å². The zero-order chi connectivity index (χ0) is 9.97. The summed E-state index contributed by atoms with van der Waals surface area (Å²) in [7, 11) is 0. The van der Waals surface area contributed by atoms with E-state index in [0.29, 0.717) is 16.8 Å². The molecule has 3 nitrogen and oxygen atoms in total. The fourth-order valence-corrected chi connectivity index (χ4v) is 1.34. The van der Waals surface area contributed by atoms with E-state index >= 15 is 0 Å². The van der Waals surface area contributed by atoms with E-state index in [1.807, 2.05) is 12.1 Å². The van der Waals surface area contributed by atoms with Gasteiger partial charge in [-0.05, 0) is 18.2 Å². The van der Waals surface area contributed by atoms with Gasteiger partial charge < -0.3 is 4.42 Å². The number of aromatic nitrogens is 2. The van der Waals surface area contributed by atoms with E-state index in [0.717, 1.165) is 5.56 Å². The molecule has 14 heavy (non-hydrogen) atoms. The molecule has 0 unspecified atom stereocenters. The second-order valence-corrected chi connectivity index (χ2v) is 3.35. The normalized spacial score (nSPS) is 10.4. The van der Waals surface area contributed by atoms with Crippen LogP contribution in [0.5, 0.6) is 0 Å². The third-order valence-corrected chi connectivity index (χ3v) is 2.12. The summed E-state index contributed by atoms with van der Waals surface area (Å²) in [5.74, 6) is 1.05. The molecule has 0 aliphatic heterocycles. The zero-order valence-corrected chi connectivity index (χ0v) is 8.59. The van der Waals surface area contributed by atoms with Gasteiger partial charge in [-0.3, -0.25) is 0 Å². The Balaban J connectivity index is 2.39. The zero-order valence-electron chi connectivity index (χ0n) is 7.08. The summed E-state index contributed by atoms with van der Waals surface area (Å²) in [5.41, 5.74) is 0.793. The van der Waals surface area contributed by atoms with Crippen molar-refractivity contribution in [2.45, 2.75) is 5.88 Å². The third kappa shape index (κ3) is 1.89. The molecular formula is C9H6Cl2N2O. The van der Waals surface area contributed by atoms with Gasteiger partial charge in [-0.1, -0.05) is 17.7 Å². The molecular weight excluding hydrogens is 223 g/mol. The fourth-order valence-electron chi connectivity index (χ4n) is 1.05. The van der Waals surface area contributed by atoms with Crippen molar-refractivity contribution in [1.82, 2.24) is 10.2 Å². The minimum Gasteiger partial charge on any atom is -0.419 e. The molecule has 1 aromatic carbocycles. The van der Waals surface area contributed by atoms with Crippen LogP contribution >= 0.6 is 23.2 Å². The lowest BCUT2D eigenvalue weighted by Crippen LogP contribution is -1.76. The van der Waals surface area contributed by atoms with Crippen molar-refractivity contribution in [2.24, 2.45) is 0 Å². The molecule has 0 N–H and O–H groups in total. The Bertz CT molecular complexity index is 442. The predicted molar refractivity (Wildman–Crippen MR) is 54.3 cm³/mol. The molecule has 2 aromatic rings. The van der Waals surface area contributed by atoms with Crippen molar-refractivity contribution in [3.8, 4) is 11.5 Å². The van der Waals surface area contributed by atoms with E-state index in [9.17, 15) is 0 Å². The minimum atomic E-state index is 0.216. The standard InChI is InChI=1S/C9H6Cl2N2O/c10-5-8-12-13-9(14-8)6-2-1-3-7(11)4-6/h1-4H,5H2. The fraction of sp³-hybridized carbons (Fsp3) is 0.111. The van der Waals surface area contributed by atoms with Gasteiger partial charge in [0.15, 0.2) is 0 Å². The van der Waals surface area contributed by atoms with E-state index in [4.69, 9.17) is 27.6 Å². The van der Waals surface area contributed by atoms with Gasteiger partial charge in [0.25, 0.3) is 0 Å². The Labute approximate surface area is 90.7 Å². The summed E-state index contributed by atoms with van der Waals surface area (Å²) in [6.45, 7) is 0. The van der Waals surface area contributed by atoms with Crippen molar-refractivity contribution in [3.63, 3.8) is 0 Å². The van der Waals surface area contributed by atoms with E-state index < -0.39 is 0 Å². The van der Waals surface area contributed by atoms with Crippen LogP contribution in [0.2, 0.25) is 5.02 Å². The van der Waals surface area contributed by atoms with Crippen molar-refractivity contribution in [2.75, 3.05) is 0 Å². The van der Waals surface area contributed by atoms with Crippen molar-refractivity contribution < 1.29 is 4.42 Å². The second kappa shape index (κ2) is 3.98. The van der Waals surface area contributed by atoms with E-state index in [2.05, 4.69) is 10.2 Å². The number of halogens is 2. The largest absolute Gasteiger partial charge is 0.419 e. The summed E-state index contributed by atoms with van der Waals surface area (Å²) >= 11 is 11.4. The molecule has 0 fully saturated rings. The number of alkyl halides is 1. The molecule has 0 saturated carbocycles. The lowest BCUT2D eigenvalue weighted by molar-refractivity contribution is 0.527. The highest BCUT2D eigenvalue weighted by molar-refractivity contribution is 6.30. The first kappa shape index (κ1) is 9.49. The Morgan fingerprint density at radius 1 is 1.29 bits per heavy atom. The van der Waals surface area contributed by atoms with Crippen LogP contribution in [-0.2, 0) is 5.88 Å². The van der Waals surface area contributed by atoms with Crippen LogP contribution < -0.4 is 0 Å². The van der Waals surface area contributed by atoms with Gasteiger partial charge in [-0.15, -0.1) is 21.8 Å². The SMILES string of the molecule is ClCc1nnc(-c2cccc(Cl)c2)o1. The number of benzene rings is 1. The maximum atomic E-state index is 5.82. The third-order valence-electron chi connectivity index (χ3n) is 1.65. The molecule has 72 valence electrons.